The quantitative estimate of drug-likeness (QED) is 0.391. The first-order valence-corrected chi connectivity index (χ1v) is 5.67. The highest BCUT2D eigenvalue weighted by molar-refractivity contribution is 6.32. The molecule has 18 heavy (non-hydrogen) atoms. The highest BCUT2D eigenvalue weighted by atomic mass is 35.5. The molecule has 1 rings (SSSR count). The standard InChI is InChI=1S/C12H13ClN2O3/c1-3-18-12(17)11(8(2)16)15-14-10-7-5-4-6-9(10)13/h4-7,16H,3H2,1-2H3/b11-8-,15-14?. The van der Waals surface area contributed by atoms with Gasteiger partial charge >= 0.3 is 5.97 Å². The van der Waals surface area contributed by atoms with Gasteiger partial charge in [-0.2, -0.15) is 0 Å². The van der Waals surface area contributed by atoms with E-state index in [0.717, 1.165) is 0 Å². The molecule has 0 radical (unpaired) electrons. The van der Waals surface area contributed by atoms with Crippen molar-refractivity contribution in [1.82, 2.24) is 0 Å². The summed E-state index contributed by atoms with van der Waals surface area (Å²) in [6.07, 6.45) is 0. The molecule has 0 fully saturated rings. The van der Waals surface area contributed by atoms with Gasteiger partial charge in [0, 0.05) is 0 Å². The maximum Gasteiger partial charge on any atom is 0.362 e. The number of halogens is 1. The van der Waals surface area contributed by atoms with Crippen LogP contribution in [0.15, 0.2) is 46.0 Å². The van der Waals surface area contributed by atoms with Gasteiger partial charge in [0.2, 0.25) is 5.70 Å². The Labute approximate surface area is 110 Å². The van der Waals surface area contributed by atoms with E-state index >= 15 is 0 Å². The fraction of sp³-hybridized carbons (Fsp3) is 0.250. The van der Waals surface area contributed by atoms with E-state index in [1.165, 1.54) is 6.92 Å². The summed E-state index contributed by atoms with van der Waals surface area (Å²) in [6.45, 7) is 3.18. The molecule has 0 saturated heterocycles. The van der Waals surface area contributed by atoms with E-state index in [1.54, 1.807) is 31.2 Å². The molecule has 1 N–H and O–H groups in total. The van der Waals surface area contributed by atoms with Crippen molar-refractivity contribution >= 4 is 23.3 Å². The molecule has 0 spiro atoms. The second-order valence-electron chi connectivity index (χ2n) is 3.31. The van der Waals surface area contributed by atoms with Crippen molar-refractivity contribution < 1.29 is 14.6 Å². The second kappa shape index (κ2) is 6.76. The predicted molar refractivity (Wildman–Crippen MR) is 67.9 cm³/mol. The number of rotatable bonds is 4. The number of hydrogen-bond donors (Lipinski definition) is 1. The lowest BCUT2D eigenvalue weighted by Gasteiger charge is -2.02. The molecule has 0 unspecified atom stereocenters. The minimum atomic E-state index is -0.728. The van der Waals surface area contributed by atoms with E-state index in [0.29, 0.717) is 10.7 Å². The van der Waals surface area contributed by atoms with Gasteiger partial charge in [0.1, 0.15) is 11.4 Å². The van der Waals surface area contributed by atoms with Gasteiger partial charge in [-0.25, -0.2) is 4.79 Å². The van der Waals surface area contributed by atoms with E-state index < -0.39 is 5.97 Å². The summed E-state index contributed by atoms with van der Waals surface area (Å²) in [7, 11) is 0. The van der Waals surface area contributed by atoms with Crippen LogP contribution < -0.4 is 0 Å². The SMILES string of the molecule is CCOC(=O)/C(N=Nc1ccccc1Cl)=C(\C)O. The lowest BCUT2D eigenvalue weighted by atomic mass is 10.3. The minimum absolute atomic E-state index is 0.192. The van der Waals surface area contributed by atoms with Gasteiger partial charge in [-0.3, -0.25) is 0 Å². The smallest absolute Gasteiger partial charge is 0.362 e. The number of aliphatic hydroxyl groups excluding tert-OH is 1. The Morgan fingerprint density at radius 1 is 1.44 bits per heavy atom. The van der Waals surface area contributed by atoms with E-state index in [1.807, 2.05) is 0 Å². The third-order valence-corrected chi connectivity index (χ3v) is 2.24. The second-order valence-corrected chi connectivity index (χ2v) is 3.71. The van der Waals surface area contributed by atoms with Crippen LogP contribution in [-0.2, 0) is 9.53 Å². The van der Waals surface area contributed by atoms with Crippen LogP contribution in [0.5, 0.6) is 0 Å². The molecular weight excluding hydrogens is 256 g/mol. The number of hydrogen-bond acceptors (Lipinski definition) is 5. The van der Waals surface area contributed by atoms with Gasteiger partial charge in [-0.15, -0.1) is 10.2 Å². The van der Waals surface area contributed by atoms with E-state index in [-0.39, 0.29) is 18.1 Å². The summed E-state index contributed by atoms with van der Waals surface area (Å²) in [6, 6.07) is 6.78. The predicted octanol–water partition coefficient (Wildman–Crippen LogP) is 3.78. The Morgan fingerprint density at radius 3 is 2.67 bits per heavy atom. The molecule has 96 valence electrons. The zero-order valence-corrected chi connectivity index (χ0v) is 10.8. The molecule has 5 nitrogen and oxygen atoms in total. The molecular formula is C12H13ClN2O3. The lowest BCUT2D eigenvalue weighted by Crippen LogP contribution is -2.07. The average molecular weight is 269 g/mol. The maximum atomic E-state index is 11.5. The van der Waals surface area contributed by atoms with Crippen LogP contribution in [-0.4, -0.2) is 17.7 Å². The number of nitrogens with zero attached hydrogens (tertiary/aromatic N) is 2. The van der Waals surface area contributed by atoms with Crippen LogP contribution in [0, 0.1) is 0 Å². The van der Waals surface area contributed by atoms with Crippen LogP contribution in [0.3, 0.4) is 0 Å². The van der Waals surface area contributed by atoms with Crippen LogP contribution in [0.1, 0.15) is 13.8 Å². The van der Waals surface area contributed by atoms with Crippen LogP contribution in [0.2, 0.25) is 5.02 Å². The number of ether oxygens (including phenoxy) is 1. The number of benzene rings is 1. The summed E-state index contributed by atoms with van der Waals surface area (Å²) in [4.78, 5) is 11.5. The molecule has 1 aromatic carbocycles. The van der Waals surface area contributed by atoms with Gasteiger partial charge < -0.3 is 9.84 Å². The summed E-state index contributed by atoms with van der Waals surface area (Å²) in [5.74, 6) is -0.988. The number of carbonyl (C=O) groups is 1. The molecule has 0 amide bonds. The largest absolute Gasteiger partial charge is 0.510 e. The minimum Gasteiger partial charge on any atom is -0.510 e. The lowest BCUT2D eigenvalue weighted by molar-refractivity contribution is -0.138. The first-order chi connectivity index (χ1) is 8.56. The van der Waals surface area contributed by atoms with Crippen LogP contribution >= 0.6 is 11.6 Å². The third-order valence-electron chi connectivity index (χ3n) is 1.92. The van der Waals surface area contributed by atoms with Gasteiger partial charge in [-0.05, 0) is 26.0 Å². The highest BCUT2D eigenvalue weighted by Gasteiger charge is 2.13. The number of aliphatic hydroxyl groups is 1. The zero-order chi connectivity index (χ0) is 13.5. The van der Waals surface area contributed by atoms with Crippen molar-refractivity contribution in [2.75, 3.05) is 6.61 Å². The molecule has 0 aliphatic heterocycles. The number of allylic oxidation sites excluding steroid dienone is 1. The molecule has 0 atom stereocenters. The zero-order valence-electron chi connectivity index (χ0n) is 10.1. The van der Waals surface area contributed by atoms with Crippen LogP contribution in [0.25, 0.3) is 0 Å². The summed E-state index contributed by atoms with van der Waals surface area (Å²) in [5.41, 5.74) is 0.166. The van der Waals surface area contributed by atoms with E-state index in [4.69, 9.17) is 16.3 Å². The van der Waals surface area contributed by atoms with Crippen LogP contribution in [0.4, 0.5) is 5.69 Å². The van der Waals surface area contributed by atoms with Crippen molar-refractivity contribution in [1.29, 1.82) is 0 Å². The van der Waals surface area contributed by atoms with E-state index in [9.17, 15) is 9.90 Å². The molecule has 0 aromatic heterocycles. The molecule has 0 heterocycles. The third kappa shape index (κ3) is 3.85. The monoisotopic (exact) mass is 268 g/mol. The van der Waals surface area contributed by atoms with Gasteiger partial charge in [0.15, 0.2) is 0 Å². The normalized spacial score (nSPS) is 12.4. The molecule has 0 aliphatic carbocycles. The Morgan fingerprint density at radius 2 is 2.11 bits per heavy atom. The Bertz CT molecular complexity index is 494. The summed E-state index contributed by atoms with van der Waals surface area (Å²) < 4.78 is 4.74. The summed E-state index contributed by atoms with van der Waals surface area (Å²) >= 11 is 5.88. The summed E-state index contributed by atoms with van der Waals surface area (Å²) in [5, 5.41) is 17.2. The first-order valence-electron chi connectivity index (χ1n) is 5.29. The van der Waals surface area contributed by atoms with Gasteiger partial charge in [0.25, 0.3) is 0 Å². The van der Waals surface area contributed by atoms with Crippen molar-refractivity contribution in [3.8, 4) is 0 Å². The molecule has 0 bridgehead atoms. The fourth-order valence-electron chi connectivity index (χ4n) is 1.10. The van der Waals surface area contributed by atoms with Gasteiger partial charge in [-0.1, -0.05) is 23.7 Å². The first kappa shape index (κ1) is 14.2. The highest BCUT2D eigenvalue weighted by Crippen LogP contribution is 2.25. The van der Waals surface area contributed by atoms with Gasteiger partial charge in [0.05, 0.1) is 11.6 Å². The fourth-order valence-corrected chi connectivity index (χ4v) is 1.27. The van der Waals surface area contributed by atoms with Crippen molar-refractivity contribution in [2.45, 2.75) is 13.8 Å². The van der Waals surface area contributed by atoms with Crippen molar-refractivity contribution in [2.24, 2.45) is 10.2 Å². The molecule has 1 aromatic rings. The number of azo groups is 1. The Balaban J connectivity index is 2.96. The topological polar surface area (TPSA) is 71.2 Å². The molecule has 6 heteroatoms. The Hall–Kier alpha value is -1.88. The maximum absolute atomic E-state index is 11.5. The molecule has 0 saturated carbocycles. The average Bonchev–Trinajstić information content (AvgIpc) is 2.31. The Kier molecular flexibility index (Phi) is 5.32. The van der Waals surface area contributed by atoms with E-state index in [2.05, 4.69) is 10.2 Å². The number of esters is 1. The number of carbonyl (C=O) groups excluding carboxylic acids is 1. The van der Waals surface area contributed by atoms with Crippen molar-refractivity contribution in [3.63, 3.8) is 0 Å². The van der Waals surface area contributed by atoms with Crippen molar-refractivity contribution in [3.05, 3.63) is 40.7 Å². The molecule has 0 aliphatic rings.